The molecule has 0 atom stereocenters. The summed E-state index contributed by atoms with van der Waals surface area (Å²) in [6.07, 6.45) is 5.35. The Bertz CT molecular complexity index is 350. The monoisotopic (exact) mass is 133 g/mol. The van der Waals surface area contributed by atoms with E-state index in [1.165, 1.54) is 0 Å². The Balaban J connectivity index is 2.95. The van der Waals surface area contributed by atoms with E-state index in [9.17, 15) is 0 Å². The van der Waals surface area contributed by atoms with Crippen LogP contribution < -0.4 is 0 Å². The fraction of sp³-hybridized carbons (Fsp3) is 0.143. The summed E-state index contributed by atoms with van der Waals surface area (Å²) in [6, 6.07) is 1.95. The van der Waals surface area contributed by atoms with Crippen LogP contribution in [0.1, 0.15) is 5.56 Å². The Morgan fingerprint density at radius 3 is 3.10 bits per heavy atom. The van der Waals surface area contributed by atoms with E-state index in [1.54, 1.807) is 16.9 Å². The second-order valence-corrected chi connectivity index (χ2v) is 2.21. The van der Waals surface area contributed by atoms with Crippen molar-refractivity contribution in [1.29, 1.82) is 0 Å². The average Bonchev–Trinajstić information content (AvgIpc) is 2.36. The van der Waals surface area contributed by atoms with Gasteiger partial charge in [-0.1, -0.05) is 0 Å². The lowest BCUT2D eigenvalue weighted by molar-refractivity contribution is 0.928. The highest BCUT2D eigenvalue weighted by Gasteiger charge is 1.94. The van der Waals surface area contributed by atoms with Gasteiger partial charge >= 0.3 is 0 Å². The van der Waals surface area contributed by atoms with Gasteiger partial charge in [-0.15, -0.1) is 0 Å². The van der Waals surface area contributed by atoms with Crippen LogP contribution in [-0.2, 0) is 0 Å². The Morgan fingerprint density at radius 2 is 2.30 bits per heavy atom. The highest BCUT2D eigenvalue weighted by atomic mass is 15.2. The van der Waals surface area contributed by atoms with E-state index in [0.717, 1.165) is 11.2 Å². The van der Waals surface area contributed by atoms with Crippen LogP contribution in [-0.4, -0.2) is 14.6 Å². The molecule has 2 rings (SSSR count). The molecule has 2 aromatic rings. The summed E-state index contributed by atoms with van der Waals surface area (Å²) < 4.78 is 1.76. The van der Waals surface area contributed by atoms with Crippen LogP contribution in [0.15, 0.2) is 24.7 Å². The van der Waals surface area contributed by atoms with E-state index >= 15 is 0 Å². The Morgan fingerprint density at radius 1 is 1.40 bits per heavy atom. The zero-order valence-electron chi connectivity index (χ0n) is 5.65. The molecule has 0 radical (unpaired) electrons. The number of imidazole rings is 1. The maximum Gasteiger partial charge on any atom is 0.156 e. The molecule has 0 saturated heterocycles. The quantitative estimate of drug-likeness (QED) is 0.537. The van der Waals surface area contributed by atoms with E-state index in [2.05, 4.69) is 10.1 Å². The molecule has 0 fully saturated rings. The van der Waals surface area contributed by atoms with Crippen LogP contribution in [0.2, 0.25) is 0 Å². The van der Waals surface area contributed by atoms with Crippen LogP contribution in [0.4, 0.5) is 0 Å². The summed E-state index contributed by atoms with van der Waals surface area (Å²) in [5.41, 5.74) is 2.09. The van der Waals surface area contributed by atoms with E-state index in [1.807, 2.05) is 19.2 Å². The van der Waals surface area contributed by atoms with Gasteiger partial charge < -0.3 is 0 Å². The van der Waals surface area contributed by atoms with Gasteiger partial charge in [0, 0.05) is 18.6 Å². The molecule has 0 bridgehead atoms. The van der Waals surface area contributed by atoms with Gasteiger partial charge in [0.1, 0.15) is 0 Å². The minimum absolute atomic E-state index is 0.933. The van der Waals surface area contributed by atoms with Crippen LogP contribution in [0, 0.1) is 6.92 Å². The summed E-state index contributed by atoms with van der Waals surface area (Å²) >= 11 is 0. The van der Waals surface area contributed by atoms with Crippen LogP contribution in [0.5, 0.6) is 0 Å². The molecule has 0 saturated carbocycles. The minimum Gasteiger partial charge on any atom is -0.235 e. The van der Waals surface area contributed by atoms with Crippen molar-refractivity contribution in [3.63, 3.8) is 0 Å². The summed E-state index contributed by atoms with van der Waals surface area (Å²) in [5, 5.41) is 4.06. The summed E-state index contributed by atoms with van der Waals surface area (Å²) in [6.45, 7) is 2.02. The lowest BCUT2D eigenvalue weighted by Crippen LogP contribution is -1.90. The van der Waals surface area contributed by atoms with E-state index < -0.39 is 0 Å². The number of aromatic nitrogens is 3. The van der Waals surface area contributed by atoms with Gasteiger partial charge in [0.25, 0.3) is 0 Å². The van der Waals surface area contributed by atoms with Gasteiger partial charge in [-0.25, -0.2) is 9.50 Å². The summed E-state index contributed by atoms with van der Waals surface area (Å²) in [7, 11) is 0. The predicted molar refractivity (Wildman–Crippen MR) is 37.7 cm³/mol. The highest BCUT2D eigenvalue weighted by Crippen LogP contribution is 2.02. The molecule has 2 aromatic heterocycles. The van der Waals surface area contributed by atoms with Crippen molar-refractivity contribution < 1.29 is 0 Å². The fourth-order valence-electron chi connectivity index (χ4n) is 0.964. The molecule has 0 unspecified atom stereocenters. The van der Waals surface area contributed by atoms with Crippen molar-refractivity contribution in [2.24, 2.45) is 0 Å². The Labute approximate surface area is 58.3 Å². The third-order valence-corrected chi connectivity index (χ3v) is 1.49. The number of aryl methyl sites for hydroxylation is 1. The van der Waals surface area contributed by atoms with E-state index in [-0.39, 0.29) is 0 Å². The molecule has 2 heterocycles. The number of nitrogens with zero attached hydrogens (tertiary/aromatic N) is 3. The molecule has 0 spiro atoms. The number of hydrogen-bond donors (Lipinski definition) is 0. The summed E-state index contributed by atoms with van der Waals surface area (Å²) in [5.74, 6) is 0. The predicted octanol–water partition coefficient (Wildman–Crippen LogP) is 1.04. The van der Waals surface area contributed by atoms with Gasteiger partial charge in [0.05, 0.1) is 0 Å². The second kappa shape index (κ2) is 1.80. The normalized spacial score (nSPS) is 10.5. The van der Waals surface area contributed by atoms with E-state index in [4.69, 9.17) is 0 Å². The zero-order chi connectivity index (χ0) is 6.97. The first kappa shape index (κ1) is 5.41. The lowest BCUT2D eigenvalue weighted by Gasteiger charge is -1.92. The summed E-state index contributed by atoms with van der Waals surface area (Å²) in [4.78, 5) is 4.12. The molecule has 0 amide bonds. The standard InChI is InChI=1S/C7H7N3/c1-6-2-3-9-10-5-4-8-7(6)10/h2-5H,1H3. The number of fused-ring (bicyclic) bond motifs is 1. The Kier molecular flexibility index (Phi) is 0.974. The topological polar surface area (TPSA) is 30.2 Å². The van der Waals surface area contributed by atoms with Crippen molar-refractivity contribution in [2.75, 3.05) is 0 Å². The molecular formula is C7H7N3. The van der Waals surface area contributed by atoms with Crippen LogP contribution >= 0.6 is 0 Å². The molecule has 50 valence electrons. The van der Waals surface area contributed by atoms with Gasteiger partial charge in [0.15, 0.2) is 5.65 Å². The number of rotatable bonds is 0. The molecular weight excluding hydrogens is 126 g/mol. The van der Waals surface area contributed by atoms with Crippen molar-refractivity contribution in [2.45, 2.75) is 6.92 Å². The minimum atomic E-state index is 0.933. The van der Waals surface area contributed by atoms with Gasteiger partial charge in [-0.2, -0.15) is 5.10 Å². The number of hydrogen-bond acceptors (Lipinski definition) is 2. The largest absolute Gasteiger partial charge is 0.235 e. The molecule has 0 N–H and O–H groups in total. The molecule has 0 aromatic carbocycles. The Hall–Kier alpha value is -1.38. The van der Waals surface area contributed by atoms with Crippen molar-refractivity contribution in [3.05, 3.63) is 30.2 Å². The van der Waals surface area contributed by atoms with Gasteiger partial charge in [0.2, 0.25) is 0 Å². The second-order valence-electron chi connectivity index (χ2n) is 2.21. The van der Waals surface area contributed by atoms with Crippen LogP contribution in [0.3, 0.4) is 0 Å². The average molecular weight is 133 g/mol. The third-order valence-electron chi connectivity index (χ3n) is 1.49. The van der Waals surface area contributed by atoms with Gasteiger partial charge in [-0.05, 0) is 18.6 Å². The van der Waals surface area contributed by atoms with Crippen LogP contribution in [0.25, 0.3) is 5.65 Å². The maximum absolute atomic E-state index is 4.12. The highest BCUT2D eigenvalue weighted by molar-refractivity contribution is 5.44. The first-order chi connectivity index (χ1) is 4.88. The smallest absolute Gasteiger partial charge is 0.156 e. The third kappa shape index (κ3) is 0.603. The first-order valence-electron chi connectivity index (χ1n) is 3.13. The molecule has 10 heavy (non-hydrogen) atoms. The molecule has 3 nitrogen and oxygen atoms in total. The SMILES string of the molecule is Cc1ccnn2ccnc12. The fourth-order valence-corrected chi connectivity index (χ4v) is 0.964. The van der Waals surface area contributed by atoms with E-state index in [0.29, 0.717) is 0 Å². The maximum atomic E-state index is 4.12. The molecule has 0 aliphatic heterocycles. The van der Waals surface area contributed by atoms with Crippen molar-refractivity contribution in [3.8, 4) is 0 Å². The van der Waals surface area contributed by atoms with Gasteiger partial charge in [-0.3, -0.25) is 0 Å². The first-order valence-corrected chi connectivity index (χ1v) is 3.13. The van der Waals surface area contributed by atoms with Crippen molar-refractivity contribution in [1.82, 2.24) is 14.6 Å². The zero-order valence-corrected chi connectivity index (χ0v) is 5.65. The molecule has 0 aliphatic rings. The molecule has 3 heteroatoms. The lowest BCUT2D eigenvalue weighted by atomic mass is 10.3. The van der Waals surface area contributed by atoms with Crippen molar-refractivity contribution >= 4 is 5.65 Å². The molecule has 0 aliphatic carbocycles.